The average molecular weight is 398 g/mol. The molecule has 6 nitrogen and oxygen atoms in total. The van der Waals surface area contributed by atoms with Crippen molar-refractivity contribution in [1.82, 2.24) is 9.88 Å². The molecule has 29 heavy (non-hydrogen) atoms. The highest BCUT2D eigenvalue weighted by atomic mass is 16.6. The van der Waals surface area contributed by atoms with Crippen molar-refractivity contribution in [2.24, 2.45) is 11.7 Å². The van der Waals surface area contributed by atoms with Crippen molar-refractivity contribution >= 4 is 22.8 Å². The smallest absolute Gasteiger partial charge is 0.410 e. The fraction of sp³-hybridized carbons (Fsp3) is 0.522. The molecule has 1 aromatic heterocycles. The highest BCUT2D eigenvalue weighted by Gasteiger charge is 2.28. The molecule has 0 radical (unpaired) electrons. The molecule has 0 unspecified atom stereocenters. The van der Waals surface area contributed by atoms with Crippen LogP contribution in [0.3, 0.4) is 0 Å². The number of para-hydroxylation sites is 1. The number of rotatable bonds is 5. The molecular weight excluding hydrogens is 366 g/mol. The molecule has 0 bridgehead atoms. The van der Waals surface area contributed by atoms with E-state index in [2.05, 4.69) is 4.98 Å². The first-order chi connectivity index (χ1) is 13.7. The first-order valence-corrected chi connectivity index (χ1v) is 10.3. The Kier molecular flexibility index (Phi) is 6.52. The molecule has 2 heterocycles. The van der Waals surface area contributed by atoms with Gasteiger partial charge in [0.05, 0.1) is 11.6 Å². The minimum absolute atomic E-state index is 0.0386. The van der Waals surface area contributed by atoms with E-state index >= 15 is 0 Å². The summed E-state index contributed by atoms with van der Waals surface area (Å²) >= 11 is 0. The van der Waals surface area contributed by atoms with Crippen molar-refractivity contribution in [2.45, 2.75) is 58.1 Å². The van der Waals surface area contributed by atoms with E-state index in [1.54, 1.807) is 11.1 Å². The predicted octanol–water partition coefficient (Wildman–Crippen LogP) is 3.71. The zero-order chi connectivity index (χ0) is 21.0. The summed E-state index contributed by atoms with van der Waals surface area (Å²) in [5, 5.41) is 1.03. The number of benzene rings is 1. The number of Topliss-reactive ketones (excluding diaryl/α,β-unsaturated/α-hetero) is 1. The van der Waals surface area contributed by atoms with Crippen LogP contribution >= 0.6 is 0 Å². The van der Waals surface area contributed by atoms with Crippen LogP contribution in [0.15, 0.2) is 36.5 Å². The number of piperidine rings is 1. The number of hydrogen-bond donors (Lipinski definition) is 1. The maximum absolute atomic E-state index is 12.6. The number of likely N-dealkylation sites (tertiary alicyclic amines) is 1. The number of nitrogens with two attached hydrogens (primary N) is 1. The molecule has 2 aromatic rings. The Bertz CT molecular complexity index is 867. The van der Waals surface area contributed by atoms with Crippen LogP contribution in [-0.2, 0) is 16.0 Å². The molecule has 0 aliphatic carbocycles. The second-order valence-corrected chi connectivity index (χ2v) is 8.93. The number of ketones is 1. The average Bonchev–Trinajstić information content (AvgIpc) is 2.67. The Morgan fingerprint density at radius 3 is 2.62 bits per heavy atom. The second-order valence-electron chi connectivity index (χ2n) is 8.93. The fourth-order valence-electron chi connectivity index (χ4n) is 3.71. The number of pyridine rings is 1. The van der Waals surface area contributed by atoms with Crippen LogP contribution in [0.4, 0.5) is 4.79 Å². The lowest BCUT2D eigenvalue weighted by Gasteiger charge is -2.34. The monoisotopic (exact) mass is 397 g/mol. The minimum Gasteiger partial charge on any atom is -0.444 e. The van der Waals surface area contributed by atoms with Crippen LogP contribution in [0.5, 0.6) is 0 Å². The Morgan fingerprint density at radius 2 is 1.93 bits per heavy atom. The van der Waals surface area contributed by atoms with Gasteiger partial charge in [0.25, 0.3) is 0 Å². The number of carbonyl (C=O) groups excluding carboxylic acids is 2. The number of amides is 1. The van der Waals surface area contributed by atoms with Crippen molar-refractivity contribution in [2.75, 3.05) is 13.1 Å². The van der Waals surface area contributed by atoms with E-state index in [1.165, 1.54) is 0 Å². The van der Waals surface area contributed by atoms with Crippen LogP contribution in [0.25, 0.3) is 10.9 Å². The molecule has 3 rings (SSSR count). The van der Waals surface area contributed by atoms with Crippen LogP contribution in [0.2, 0.25) is 0 Å². The molecule has 1 aliphatic heterocycles. The van der Waals surface area contributed by atoms with Crippen LogP contribution in [0.1, 0.15) is 45.6 Å². The first kappa shape index (κ1) is 21.2. The van der Waals surface area contributed by atoms with E-state index in [4.69, 9.17) is 10.5 Å². The van der Waals surface area contributed by atoms with Gasteiger partial charge in [-0.1, -0.05) is 18.2 Å². The van der Waals surface area contributed by atoms with Crippen molar-refractivity contribution < 1.29 is 14.3 Å². The Balaban J connectivity index is 1.48. The summed E-state index contributed by atoms with van der Waals surface area (Å²) in [6.07, 6.45) is 4.14. The lowest BCUT2D eigenvalue weighted by molar-refractivity contribution is -0.120. The maximum Gasteiger partial charge on any atom is 0.410 e. The number of fused-ring (bicyclic) bond motifs is 1. The highest BCUT2D eigenvalue weighted by molar-refractivity contribution is 5.87. The Labute approximate surface area is 172 Å². The SMILES string of the molecule is CC(C)(C)OC(=O)N1CCC(C[C@H](N)C(=O)Cc2cnc3ccccc3c2)CC1. The second kappa shape index (κ2) is 8.91. The van der Waals surface area contributed by atoms with Gasteiger partial charge in [-0.25, -0.2) is 4.79 Å². The van der Waals surface area contributed by atoms with Gasteiger partial charge in [0.15, 0.2) is 5.78 Å². The number of ether oxygens (including phenoxy) is 1. The summed E-state index contributed by atoms with van der Waals surface area (Å²) in [6.45, 7) is 6.90. The minimum atomic E-state index is -0.487. The van der Waals surface area contributed by atoms with Gasteiger partial charge in [0, 0.05) is 31.1 Å². The number of hydrogen-bond acceptors (Lipinski definition) is 5. The molecule has 1 aromatic carbocycles. The molecule has 1 aliphatic rings. The fourth-order valence-corrected chi connectivity index (χ4v) is 3.71. The third-order valence-electron chi connectivity index (χ3n) is 5.29. The van der Waals surface area contributed by atoms with Crippen molar-refractivity contribution in [3.63, 3.8) is 0 Å². The van der Waals surface area contributed by atoms with Crippen molar-refractivity contribution in [3.05, 3.63) is 42.1 Å². The molecule has 1 fully saturated rings. The zero-order valence-electron chi connectivity index (χ0n) is 17.6. The van der Waals surface area contributed by atoms with Gasteiger partial charge in [-0.05, 0) is 63.6 Å². The lowest BCUT2D eigenvalue weighted by atomic mass is 9.88. The van der Waals surface area contributed by atoms with Gasteiger partial charge in [-0.15, -0.1) is 0 Å². The number of nitrogens with zero attached hydrogens (tertiary/aromatic N) is 2. The summed E-state index contributed by atoms with van der Waals surface area (Å²) in [5.41, 5.74) is 7.54. The van der Waals surface area contributed by atoms with Gasteiger partial charge in [-0.3, -0.25) is 9.78 Å². The summed E-state index contributed by atoms with van der Waals surface area (Å²) in [7, 11) is 0. The highest BCUT2D eigenvalue weighted by Crippen LogP contribution is 2.24. The van der Waals surface area contributed by atoms with E-state index in [0.717, 1.165) is 29.3 Å². The summed E-state index contributed by atoms with van der Waals surface area (Å²) < 4.78 is 5.43. The molecule has 1 atom stereocenters. The van der Waals surface area contributed by atoms with Crippen LogP contribution in [0, 0.1) is 5.92 Å². The largest absolute Gasteiger partial charge is 0.444 e. The Hall–Kier alpha value is -2.47. The standard InChI is InChI=1S/C23H31N3O3/c1-23(2,3)29-22(28)26-10-8-16(9-11-26)13-19(24)21(27)14-17-12-18-6-4-5-7-20(18)25-15-17/h4-7,12,15-16,19H,8-11,13-14,24H2,1-3H3/t19-/m0/s1. The molecule has 0 spiro atoms. The van der Waals surface area contributed by atoms with Crippen molar-refractivity contribution in [1.29, 1.82) is 0 Å². The zero-order valence-corrected chi connectivity index (χ0v) is 17.6. The van der Waals surface area contributed by atoms with Gasteiger partial charge >= 0.3 is 6.09 Å². The quantitative estimate of drug-likeness (QED) is 0.831. The van der Waals surface area contributed by atoms with E-state index in [-0.39, 0.29) is 11.9 Å². The normalized spacial score (nSPS) is 16.6. The third kappa shape index (κ3) is 6.00. The summed E-state index contributed by atoms with van der Waals surface area (Å²) in [6, 6.07) is 9.38. The van der Waals surface area contributed by atoms with Gasteiger partial charge in [0.1, 0.15) is 5.60 Å². The van der Waals surface area contributed by atoms with Gasteiger partial charge in [0.2, 0.25) is 0 Å². The number of carbonyl (C=O) groups is 2. The van der Waals surface area contributed by atoms with E-state index in [1.807, 2.05) is 51.1 Å². The molecule has 6 heteroatoms. The first-order valence-electron chi connectivity index (χ1n) is 10.3. The van der Waals surface area contributed by atoms with E-state index < -0.39 is 11.6 Å². The molecule has 1 saturated heterocycles. The van der Waals surface area contributed by atoms with E-state index in [9.17, 15) is 9.59 Å². The van der Waals surface area contributed by atoms with Gasteiger partial charge in [-0.2, -0.15) is 0 Å². The number of aromatic nitrogens is 1. The Morgan fingerprint density at radius 1 is 1.24 bits per heavy atom. The van der Waals surface area contributed by atoms with Gasteiger partial charge < -0.3 is 15.4 Å². The van der Waals surface area contributed by atoms with Crippen molar-refractivity contribution in [3.8, 4) is 0 Å². The molecular formula is C23H31N3O3. The summed E-state index contributed by atoms with van der Waals surface area (Å²) in [4.78, 5) is 30.9. The molecule has 156 valence electrons. The topological polar surface area (TPSA) is 85.5 Å². The van der Waals surface area contributed by atoms with Crippen LogP contribution < -0.4 is 5.73 Å². The summed E-state index contributed by atoms with van der Waals surface area (Å²) in [5.74, 6) is 0.388. The lowest BCUT2D eigenvalue weighted by Crippen LogP contribution is -2.43. The third-order valence-corrected chi connectivity index (χ3v) is 5.29. The maximum atomic E-state index is 12.6. The van der Waals surface area contributed by atoms with E-state index in [0.29, 0.717) is 31.8 Å². The predicted molar refractivity (Wildman–Crippen MR) is 114 cm³/mol. The molecule has 0 saturated carbocycles. The molecule has 2 N–H and O–H groups in total. The van der Waals surface area contributed by atoms with Crippen LogP contribution in [-0.4, -0.2) is 46.5 Å². The molecule has 1 amide bonds.